The second-order valence-corrected chi connectivity index (χ2v) is 9.07. The second kappa shape index (κ2) is 9.11. The molecule has 0 radical (unpaired) electrons. The summed E-state index contributed by atoms with van der Waals surface area (Å²) in [6, 6.07) is 11.3. The third-order valence-corrected chi connectivity index (χ3v) is 6.70. The highest BCUT2D eigenvalue weighted by atomic mass is 35.5. The topological polar surface area (TPSA) is 75.2 Å². The Hall–Kier alpha value is -2.59. The zero-order valence-corrected chi connectivity index (χ0v) is 18.9. The Kier molecular flexibility index (Phi) is 6.05. The number of rotatable bonds is 6. The quantitative estimate of drug-likeness (QED) is 0.442. The maximum Gasteiger partial charge on any atom is 0.145 e. The lowest BCUT2D eigenvalue weighted by Gasteiger charge is -2.32. The number of anilines is 1. The first-order valence-electron chi connectivity index (χ1n) is 10.8. The molecular formula is C24H22Cl2N4O2. The van der Waals surface area contributed by atoms with Crippen molar-refractivity contribution >= 4 is 29.0 Å². The summed E-state index contributed by atoms with van der Waals surface area (Å²) in [5, 5.41) is 14.4. The van der Waals surface area contributed by atoms with Gasteiger partial charge in [-0.15, -0.1) is 0 Å². The highest BCUT2D eigenvalue weighted by Crippen LogP contribution is 2.46. The van der Waals surface area contributed by atoms with Gasteiger partial charge in [0, 0.05) is 36.3 Å². The van der Waals surface area contributed by atoms with Gasteiger partial charge in [-0.25, -0.2) is 4.98 Å². The van der Waals surface area contributed by atoms with Gasteiger partial charge < -0.3 is 14.2 Å². The molecule has 2 aliphatic rings. The molecule has 6 nitrogen and oxygen atoms in total. The van der Waals surface area contributed by atoms with Crippen LogP contribution in [-0.2, 0) is 11.3 Å². The lowest BCUT2D eigenvalue weighted by atomic mass is 10.0. The number of ether oxygens (including phenoxy) is 1. The van der Waals surface area contributed by atoms with E-state index in [9.17, 15) is 0 Å². The summed E-state index contributed by atoms with van der Waals surface area (Å²) < 4.78 is 12.1. The third kappa shape index (κ3) is 4.33. The first-order chi connectivity index (χ1) is 15.6. The minimum Gasteiger partial charge on any atom is -0.373 e. The van der Waals surface area contributed by atoms with Crippen LogP contribution in [0.15, 0.2) is 41.1 Å². The zero-order valence-electron chi connectivity index (χ0n) is 17.4. The minimum atomic E-state index is 0.140. The molecule has 32 heavy (non-hydrogen) atoms. The van der Waals surface area contributed by atoms with E-state index in [0.717, 1.165) is 55.9 Å². The molecule has 1 aliphatic carbocycles. The molecule has 0 amide bonds. The lowest BCUT2D eigenvalue weighted by molar-refractivity contribution is 0.0245. The molecule has 2 aromatic heterocycles. The average Bonchev–Trinajstić information content (AvgIpc) is 3.58. The summed E-state index contributed by atoms with van der Waals surface area (Å²) in [7, 11) is 0. The van der Waals surface area contributed by atoms with E-state index in [1.807, 2.05) is 24.3 Å². The molecular weight excluding hydrogens is 447 g/mol. The lowest BCUT2D eigenvalue weighted by Crippen LogP contribution is -2.37. The Bertz CT molecular complexity index is 1120. The van der Waals surface area contributed by atoms with Crippen molar-refractivity contribution in [2.75, 3.05) is 18.0 Å². The van der Waals surface area contributed by atoms with Crippen LogP contribution in [0.25, 0.3) is 11.3 Å². The number of halogens is 2. The van der Waals surface area contributed by atoms with Crippen LogP contribution in [-0.4, -0.2) is 29.3 Å². The van der Waals surface area contributed by atoms with Crippen LogP contribution in [0.4, 0.5) is 5.82 Å². The van der Waals surface area contributed by atoms with Crippen molar-refractivity contribution < 1.29 is 9.26 Å². The molecule has 1 aromatic carbocycles. The van der Waals surface area contributed by atoms with Gasteiger partial charge in [-0.3, -0.25) is 0 Å². The number of nitriles is 1. The van der Waals surface area contributed by atoms with Crippen molar-refractivity contribution in [3.8, 4) is 17.3 Å². The van der Waals surface area contributed by atoms with Crippen molar-refractivity contribution in [3.63, 3.8) is 0 Å². The average molecular weight is 469 g/mol. The predicted molar refractivity (Wildman–Crippen MR) is 123 cm³/mol. The third-order valence-electron chi connectivity index (χ3n) is 6.07. The van der Waals surface area contributed by atoms with E-state index in [4.69, 9.17) is 37.7 Å². The molecule has 2 fully saturated rings. The van der Waals surface area contributed by atoms with E-state index in [2.05, 4.69) is 21.1 Å². The summed E-state index contributed by atoms with van der Waals surface area (Å²) in [6.07, 6.45) is 5.76. The van der Waals surface area contributed by atoms with E-state index in [0.29, 0.717) is 39.4 Å². The van der Waals surface area contributed by atoms with Gasteiger partial charge in [-0.1, -0.05) is 34.4 Å². The van der Waals surface area contributed by atoms with E-state index < -0.39 is 0 Å². The maximum atomic E-state index is 8.95. The fourth-order valence-electron chi connectivity index (χ4n) is 4.14. The summed E-state index contributed by atoms with van der Waals surface area (Å²) in [6.45, 7) is 2.13. The molecule has 0 N–H and O–H groups in total. The smallest absolute Gasteiger partial charge is 0.145 e. The second-order valence-electron chi connectivity index (χ2n) is 8.26. The van der Waals surface area contributed by atoms with Crippen LogP contribution in [0, 0.1) is 11.3 Å². The summed E-state index contributed by atoms with van der Waals surface area (Å²) in [5.41, 5.74) is 2.91. The Morgan fingerprint density at radius 2 is 1.84 bits per heavy atom. The normalized spacial score (nSPS) is 16.8. The molecule has 0 bridgehead atoms. The first kappa shape index (κ1) is 21.3. The standard InChI is InChI=1S/C24H22Cl2N4O2/c25-19-2-1-3-20(26)22(19)23-18(24(32-29-23)16-5-6-16)14-31-17-8-10-30(11-9-17)21-7-4-15(12-27)13-28-21/h1-4,7,13,16-17H,5-6,8-11,14H2. The fraction of sp³-hybridized carbons (Fsp3) is 0.375. The fourth-order valence-corrected chi connectivity index (χ4v) is 4.72. The summed E-state index contributed by atoms with van der Waals surface area (Å²) >= 11 is 12.9. The van der Waals surface area contributed by atoms with Crippen molar-refractivity contribution in [2.45, 2.75) is 44.3 Å². The number of piperidine rings is 1. The van der Waals surface area contributed by atoms with Crippen LogP contribution < -0.4 is 4.90 Å². The zero-order chi connectivity index (χ0) is 22.1. The Labute approximate surface area is 196 Å². The molecule has 0 unspecified atom stereocenters. The van der Waals surface area contributed by atoms with Gasteiger partial charge in [0.15, 0.2) is 0 Å². The molecule has 3 aromatic rings. The number of aromatic nitrogens is 2. The number of hydrogen-bond donors (Lipinski definition) is 0. The molecule has 164 valence electrons. The van der Waals surface area contributed by atoms with Crippen molar-refractivity contribution in [3.05, 3.63) is 63.5 Å². The van der Waals surface area contributed by atoms with Gasteiger partial charge in [-0.05, 0) is 49.9 Å². The van der Waals surface area contributed by atoms with E-state index in [1.165, 1.54) is 0 Å². The van der Waals surface area contributed by atoms with E-state index in [1.54, 1.807) is 12.3 Å². The molecule has 0 spiro atoms. The Balaban J connectivity index is 1.27. The Morgan fingerprint density at radius 1 is 1.09 bits per heavy atom. The van der Waals surface area contributed by atoms with Gasteiger partial charge >= 0.3 is 0 Å². The van der Waals surface area contributed by atoms with E-state index >= 15 is 0 Å². The summed E-state index contributed by atoms with van der Waals surface area (Å²) in [5.74, 6) is 2.20. The Morgan fingerprint density at radius 3 is 2.47 bits per heavy atom. The molecule has 3 heterocycles. The highest BCUT2D eigenvalue weighted by molar-refractivity contribution is 6.39. The van der Waals surface area contributed by atoms with Gasteiger partial charge in [0.2, 0.25) is 0 Å². The number of nitrogens with zero attached hydrogens (tertiary/aromatic N) is 4. The van der Waals surface area contributed by atoms with Crippen LogP contribution in [0.3, 0.4) is 0 Å². The van der Waals surface area contributed by atoms with Gasteiger partial charge in [0.1, 0.15) is 23.3 Å². The predicted octanol–water partition coefficient (Wildman–Crippen LogP) is 5.98. The number of pyridine rings is 1. The molecule has 1 saturated heterocycles. The van der Waals surface area contributed by atoms with Crippen LogP contribution >= 0.6 is 23.2 Å². The van der Waals surface area contributed by atoms with Gasteiger partial charge in [0.25, 0.3) is 0 Å². The number of benzene rings is 1. The van der Waals surface area contributed by atoms with Crippen LogP contribution in [0.2, 0.25) is 10.0 Å². The van der Waals surface area contributed by atoms with Crippen LogP contribution in [0.5, 0.6) is 0 Å². The van der Waals surface area contributed by atoms with Crippen LogP contribution in [0.1, 0.15) is 48.5 Å². The van der Waals surface area contributed by atoms with Gasteiger partial charge in [0.05, 0.1) is 28.3 Å². The molecule has 5 rings (SSSR count). The minimum absolute atomic E-state index is 0.140. The monoisotopic (exact) mass is 468 g/mol. The largest absolute Gasteiger partial charge is 0.373 e. The molecule has 8 heteroatoms. The van der Waals surface area contributed by atoms with Gasteiger partial charge in [-0.2, -0.15) is 5.26 Å². The maximum absolute atomic E-state index is 8.95. The highest BCUT2D eigenvalue weighted by Gasteiger charge is 2.34. The summed E-state index contributed by atoms with van der Waals surface area (Å²) in [4.78, 5) is 6.63. The molecule has 0 atom stereocenters. The van der Waals surface area contributed by atoms with Crippen molar-refractivity contribution in [2.24, 2.45) is 0 Å². The molecule has 1 saturated carbocycles. The van der Waals surface area contributed by atoms with E-state index in [-0.39, 0.29) is 6.10 Å². The van der Waals surface area contributed by atoms with Crippen molar-refractivity contribution in [1.29, 1.82) is 5.26 Å². The molecule has 1 aliphatic heterocycles. The SMILES string of the molecule is N#Cc1ccc(N2CCC(OCc3c(-c4c(Cl)cccc4Cl)noc3C3CC3)CC2)nc1. The number of hydrogen-bond acceptors (Lipinski definition) is 6. The van der Waals surface area contributed by atoms with Crippen molar-refractivity contribution in [1.82, 2.24) is 10.1 Å². The first-order valence-corrected chi connectivity index (χ1v) is 11.5.